The van der Waals surface area contributed by atoms with Gasteiger partial charge in [0.05, 0.1) is 0 Å². The van der Waals surface area contributed by atoms with E-state index in [1.165, 1.54) is 0 Å². The van der Waals surface area contributed by atoms with Crippen molar-refractivity contribution in [2.75, 3.05) is 0 Å². The van der Waals surface area contributed by atoms with Gasteiger partial charge in [0.2, 0.25) is 0 Å². The molecule has 0 fully saturated rings. The van der Waals surface area contributed by atoms with Gasteiger partial charge >= 0.3 is 0 Å². The summed E-state index contributed by atoms with van der Waals surface area (Å²) in [5.74, 6) is 0. The second-order valence-corrected chi connectivity index (χ2v) is 0. The monoisotopic (exact) mass is 671 g/mol. The summed E-state index contributed by atoms with van der Waals surface area (Å²) in [6.07, 6.45) is 0. The molecule has 0 atom stereocenters. The van der Waals surface area contributed by atoms with E-state index in [1.807, 2.05) is 0 Å². The van der Waals surface area contributed by atoms with E-state index in [1.54, 1.807) is 0 Å². The van der Waals surface area contributed by atoms with E-state index in [-0.39, 0.29) is 83.0 Å². The molecule has 0 spiro atoms. The second kappa shape index (κ2) is 17.3. The van der Waals surface area contributed by atoms with Gasteiger partial charge in [-0.05, 0) is 0 Å². The van der Waals surface area contributed by atoms with Crippen LogP contribution in [-0.4, -0.2) is 0 Å². The fourth-order valence-electron chi connectivity index (χ4n) is 0. The molecule has 0 aromatic rings. The van der Waals surface area contributed by atoms with Crippen molar-refractivity contribution in [3.05, 3.63) is 0 Å². The summed E-state index contributed by atoms with van der Waals surface area (Å²) < 4.78 is 0. The third-order valence-electron chi connectivity index (χ3n) is 0. The Balaban J connectivity index is 0. The van der Waals surface area contributed by atoms with Crippen molar-refractivity contribution in [3.63, 3.8) is 0 Å². The first-order valence-electron chi connectivity index (χ1n) is 0. The molecule has 0 aliphatic heterocycles. The average Bonchev–Trinajstić information content (AvgIpc) is 0. The van der Waals surface area contributed by atoms with Crippen molar-refractivity contribution in [2.24, 2.45) is 0 Å². The Kier molecular flexibility index (Phi) is 129. The zero-order chi connectivity index (χ0) is 0. The van der Waals surface area contributed by atoms with Crippen LogP contribution in [0.5, 0.6) is 0 Å². The van der Waals surface area contributed by atoms with Crippen molar-refractivity contribution in [3.8, 4) is 0 Å². The molecule has 0 rings (SSSR count). The van der Waals surface area contributed by atoms with Gasteiger partial charge in [0, 0.05) is 83.0 Å². The van der Waals surface area contributed by atoms with Gasteiger partial charge in [0.25, 0.3) is 0 Å². The molecule has 0 aliphatic carbocycles. The molecular formula is IrPtRuTa. The Labute approximate surface area is 81.8 Å². The van der Waals surface area contributed by atoms with E-state index in [0.717, 1.165) is 0 Å². The number of hydrogen-bond acceptors (Lipinski definition) is 0. The molecular weight excluding hydrogens is 669 g/mol. The molecule has 4 heteroatoms. The van der Waals surface area contributed by atoms with Crippen molar-refractivity contribution < 1.29 is 83.0 Å². The molecule has 0 saturated heterocycles. The summed E-state index contributed by atoms with van der Waals surface area (Å²) in [5, 5.41) is 0. The van der Waals surface area contributed by atoms with Crippen LogP contribution in [0.1, 0.15) is 0 Å². The Morgan fingerprint density at radius 1 is 1.00 bits per heavy atom. The van der Waals surface area contributed by atoms with Crippen LogP contribution < -0.4 is 0 Å². The average molecular weight is 669 g/mol. The quantitative estimate of drug-likeness (QED) is 0.319. The maximum absolute atomic E-state index is 0. The number of hydrogen-bond donors (Lipinski definition) is 0. The fourth-order valence-corrected chi connectivity index (χ4v) is 0. The minimum absolute atomic E-state index is 0. The normalized spacial score (nSPS) is 0. The summed E-state index contributed by atoms with van der Waals surface area (Å²) in [6.45, 7) is 0. The standard InChI is InChI=1S/Ir.Pt.Ru.Ta. The van der Waals surface area contributed by atoms with E-state index in [4.69, 9.17) is 0 Å². The summed E-state index contributed by atoms with van der Waals surface area (Å²) >= 11 is 0. The van der Waals surface area contributed by atoms with Crippen LogP contribution >= 0.6 is 0 Å². The zero-order valence-electron chi connectivity index (χ0n) is 1.45. The first kappa shape index (κ1) is 29.9. The smallest absolute Gasteiger partial charge is 0 e. The topological polar surface area (TPSA) is 0 Å². The molecule has 2 radical (unpaired) electrons. The second-order valence-electron chi connectivity index (χ2n) is 0. The molecule has 0 N–H and O–H groups in total. The van der Waals surface area contributed by atoms with Gasteiger partial charge in [-0.25, -0.2) is 0 Å². The van der Waals surface area contributed by atoms with Crippen LogP contribution in [0.15, 0.2) is 0 Å². The van der Waals surface area contributed by atoms with E-state index < -0.39 is 0 Å². The predicted molar refractivity (Wildman–Crippen MR) is 0 cm³/mol. The van der Waals surface area contributed by atoms with Gasteiger partial charge in [-0.2, -0.15) is 0 Å². The van der Waals surface area contributed by atoms with Crippen LogP contribution in [0.3, 0.4) is 0 Å². The van der Waals surface area contributed by atoms with Crippen LogP contribution in [0.2, 0.25) is 0 Å². The van der Waals surface area contributed by atoms with Gasteiger partial charge in [-0.1, -0.05) is 0 Å². The largest absolute Gasteiger partial charge is 0 e. The van der Waals surface area contributed by atoms with Gasteiger partial charge in [0.1, 0.15) is 0 Å². The van der Waals surface area contributed by atoms with Crippen LogP contribution in [-0.2, 0) is 83.0 Å². The van der Waals surface area contributed by atoms with Crippen LogP contribution in [0.25, 0.3) is 0 Å². The Bertz CT molecular complexity index is 8.00. The SMILES string of the molecule is [Ir].[Pt].[Ru].[Ta]. The molecule has 0 nitrogen and oxygen atoms in total. The van der Waals surface area contributed by atoms with E-state index in [9.17, 15) is 0 Å². The molecule has 0 aliphatic rings. The number of rotatable bonds is 0. The molecule has 0 bridgehead atoms. The first-order valence-corrected chi connectivity index (χ1v) is 0. The first-order chi connectivity index (χ1) is 0. The third-order valence-corrected chi connectivity index (χ3v) is 0. The maximum Gasteiger partial charge on any atom is 0 e. The van der Waals surface area contributed by atoms with Gasteiger partial charge in [-0.3, -0.25) is 0 Å². The molecule has 0 unspecified atom stereocenters. The van der Waals surface area contributed by atoms with Crippen molar-refractivity contribution >= 4 is 0 Å². The molecule has 0 aromatic heterocycles. The Morgan fingerprint density at radius 2 is 1.00 bits per heavy atom. The summed E-state index contributed by atoms with van der Waals surface area (Å²) in [7, 11) is 0. The summed E-state index contributed by atoms with van der Waals surface area (Å²) in [6, 6.07) is 0. The molecule has 4 heavy (non-hydrogen) atoms. The minimum atomic E-state index is 0. The molecule has 0 amide bonds. The van der Waals surface area contributed by atoms with Crippen LogP contribution in [0.4, 0.5) is 0 Å². The Morgan fingerprint density at radius 3 is 1.00 bits per heavy atom. The maximum atomic E-state index is 0. The summed E-state index contributed by atoms with van der Waals surface area (Å²) in [5.41, 5.74) is 0. The van der Waals surface area contributed by atoms with E-state index in [0.29, 0.717) is 0 Å². The van der Waals surface area contributed by atoms with Gasteiger partial charge in [-0.15, -0.1) is 0 Å². The summed E-state index contributed by atoms with van der Waals surface area (Å²) in [4.78, 5) is 0. The molecule has 0 aromatic carbocycles. The van der Waals surface area contributed by atoms with Gasteiger partial charge in [0.15, 0.2) is 0 Å². The zero-order valence-corrected chi connectivity index (χ0v) is 11.1. The van der Waals surface area contributed by atoms with E-state index >= 15 is 0 Å². The molecule has 32 valence electrons. The molecule has 0 heterocycles. The van der Waals surface area contributed by atoms with E-state index in [2.05, 4.69) is 0 Å². The molecule has 0 saturated carbocycles. The Hall–Kier alpha value is 2.70. The van der Waals surface area contributed by atoms with Crippen LogP contribution in [0, 0.1) is 0 Å². The van der Waals surface area contributed by atoms with Gasteiger partial charge < -0.3 is 0 Å². The van der Waals surface area contributed by atoms with Crippen molar-refractivity contribution in [1.82, 2.24) is 0 Å². The minimum Gasteiger partial charge on any atom is 0 e. The van der Waals surface area contributed by atoms with Crippen molar-refractivity contribution in [2.45, 2.75) is 0 Å². The van der Waals surface area contributed by atoms with Crippen molar-refractivity contribution in [1.29, 1.82) is 0 Å². The predicted octanol–water partition coefficient (Wildman–Crippen LogP) is -0.0100. The fraction of sp³-hybridized carbons (Fsp3) is 0. The third kappa shape index (κ3) is 8.83.